The minimum absolute atomic E-state index is 0.111. The third-order valence-electron chi connectivity index (χ3n) is 4.30. The van der Waals surface area contributed by atoms with Gasteiger partial charge >= 0.3 is 5.97 Å². The topological polar surface area (TPSA) is 61.5 Å². The molecule has 0 aromatic heterocycles. The van der Waals surface area contributed by atoms with Crippen LogP contribution in [0, 0.1) is 5.92 Å². The first-order chi connectivity index (χ1) is 9.55. The number of nitrogens with two attached hydrogens (primary N) is 1. The van der Waals surface area contributed by atoms with Crippen LogP contribution in [0.25, 0.3) is 0 Å². The summed E-state index contributed by atoms with van der Waals surface area (Å²) in [6.07, 6.45) is 7.10. The van der Waals surface area contributed by atoms with Crippen LogP contribution in [0.4, 0.5) is 0 Å². The summed E-state index contributed by atoms with van der Waals surface area (Å²) in [5, 5.41) is 0. The maximum Gasteiger partial charge on any atom is 0.326 e. The molecule has 0 heterocycles. The molecule has 1 aliphatic carbocycles. The van der Waals surface area contributed by atoms with Crippen molar-refractivity contribution in [1.82, 2.24) is 0 Å². The molecular formula is C16H31NO3. The second kappa shape index (κ2) is 8.63. The van der Waals surface area contributed by atoms with Gasteiger partial charge < -0.3 is 15.2 Å². The second-order valence-electron chi connectivity index (χ2n) is 5.99. The summed E-state index contributed by atoms with van der Waals surface area (Å²) in [6, 6.07) is 0. The molecule has 20 heavy (non-hydrogen) atoms. The number of hydrogen-bond donors (Lipinski definition) is 1. The monoisotopic (exact) mass is 285 g/mol. The van der Waals surface area contributed by atoms with Gasteiger partial charge in [-0.25, -0.2) is 0 Å². The highest BCUT2D eigenvalue weighted by molar-refractivity contribution is 5.81. The Morgan fingerprint density at radius 2 is 2.15 bits per heavy atom. The van der Waals surface area contributed by atoms with E-state index in [1.807, 2.05) is 6.92 Å². The third-order valence-corrected chi connectivity index (χ3v) is 4.30. The van der Waals surface area contributed by atoms with Crippen LogP contribution in [0.3, 0.4) is 0 Å². The van der Waals surface area contributed by atoms with Crippen LogP contribution in [-0.2, 0) is 14.3 Å². The highest BCUT2D eigenvalue weighted by Crippen LogP contribution is 2.31. The zero-order valence-electron chi connectivity index (χ0n) is 13.3. The molecule has 0 saturated heterocycles. The van der Waals surface area contributed by atoms with E-state index in [0.29, 0.717) is 25.4 Å². The van der Waals surface area contributed by atoms with Gasteiger partial charge in [-0.1, -0.05) is 33.1 Å². The number of hydrogen-bond acceptors (Lipinski definition) is 4. The zero-order chi connectivity index (χ0) is 15.0. The summed E-state index contributed by atoms with van der Waals surface area (Å²) in [7, 11) is 0. The predicted octanol–water partition coefficient (Wildman–Crippen LogP) is 3.03. The lowest BCUT2D eigenvalue weighted by molar-refractivity contribution is -0.149. The first-order valence-corrected chi connectivity index (χ1v) is 8.13. The summed E-state index contributed by atoms with van der Waals surface area (Å²) < 4.78 is 11.0. The number of rotatable bonds is 9. The second-order valence-corrected chi connectivity index (χ2v) is 5.99. The van der Waals surface area contributed by atoms with Gasteiger partial charge in [0.15, 0.2) is 0 Å². The van der Waals surface area contributed by atoms with Gasteiger partial charge in [-0.2, -0.15) is 0 Å². The van der Waals surface area contributed by atoms with E-state index in [4.69, 9.17) is 15.2 Å². The molecule has 0 aromatic carbocycles. The summed E-state index contributed by atoms with van der Waals surface area (Å²) in [5.74, 6) is 0.356. The molecule has 3 atom stereocenters. The van der Waals surface area contributed by atoms with Crippen LogP contribution in [0.15, 0.2) is 0 Å². The Bertz CT molecular complexity index is 295. The van der Waals surface area contributed by atoms with Crippen LogP contribution < -0.4 is 5.73 Å². The van der Waals surface area contributed by atoms with E-state index in [1.54, 1.807) is 0 Å². The molecule has 0 amide bonds. The van der Waals surface area contributed by atoms with Gasteiger partial charge in [-0.15, -0.1) is 0 Å². The van der Waals surface area contributed by atoms with Crippen LogP contribution in [0.5, 0.6) is 0 Å². The van der Waals surface area contributed by atoms with Gasteiger partial charge in [-0.3, -0.25) is 4.79 Å². The highest BCUT2D eigenvalue weighted by Gasteiger charge is 2.43. The summed E-state index contributed by atoms with van der Waals surface area (Å²) in [5.41, 5.74) is 5.32. The zero-order valence-corrected chi connectivity index (χ0v) is 13.3. The van der Waals surface area contributed by atoms with E-state index >= 15 is 0 Å². The number of carbonyl (C=O) groups is 1. The molecule has 1 saturated carbocycles. The Balaban J connectivity index is 2.34. The first-order valence-electron chi connectivity index (χ1n) is 8.13. The highest BCUT2D eigenvalue weighted by atomic mass is 16.5. The van der Waals surface area contributed by atoms with Crippen molar-refractivity contribution in [2.75, 3.05) is 13.2 Å². The molecule has 118 valence electrons. The van der Waals surface area contributed by atoms with E-state index in [9.17, 15) is 4.79 Å². The Kier molecular flexibility index (Phi) is 7.52. The fraction of sp³-hybridized carbons (Fsp3) is 0.938. The maximum atomic E-state index is 11.8. The van der Waals surface area contributed by atoms with Crippen LogP contribution in [-0.4, -0.2) is 30.8 Å². The number of carbonyl (C=O) groups excluding carboxylic acids is 1. The lowest BCUT2D eigenvalue weighted by Gasteiger charge is -2.22. The lowest BCUT2D eigenvalue weighted by Crippen LogP contribution is -2.47. The molecule has 0 aromatic rings. The average Bonchev–Trinajstić information content (AvgIpc) is 2.82. The third kappa shape index (κ3) is 5.06. The van der Waals surface area contributed by atoms with E-state index in [0.717, 1.165) is 19.4 Å². The molecular weight excluding hydrogens is 254 g/mol. The van der Waals surface area contributed by atoms with Crippen LogP contribution >= 0.6 is 0 Å². The minimum atomic E-state index is -0.828. The molecule has 1 fully saturated rings. The SMILES string of the molecule is CCCCC(CC)COC1CCC(N)(C(=O)OCC)C1. The average molecular weight is 285 g/mol. The van der Waals surface area contributed by atoms with E-state index < -0.39 is 5.54 Å². The fourth-order valence-electron chi connectivity index (χ4n) is 2.80. The fourth-order valence-corrected chi connectivity index (χ4v) is 2.80. The quantitative estimate of drug-likeness (QED) is 0.661. The van der Waals surface area contributed by atoms with Crippen molar-refractivity contribution >= 4 is 5.97 Å². The minimum Gasteiger partial charge on any atom is -0.465 e. The van der Waals surface area contributed by atoms with Crippen molar-refractivity contribution in [3.8, 4) is 0 Å². The molecule has 0 radical (unpaired) electrons. The van der Waals surface area contributed by atoms with E-state index in [-0.39, 0.29) is 12.1 Å². The van der Waals surface area contributed by atoms with Crippen LogP contribution in [0.1, 0.15) is 65.7 Å². The predicted molar refractivity (Wildman–Crippen MR) is 80.4 cm³/mol. The molecule has 0 spiro atoms. The molecule has 4 heteroatoms. The van der Waals surface area contributed by atoms with Crippen molar-refractivity contribution in [3.05, 3.63) is 0 Å². The van der Waals surface area contributed by atoms with Crippen molar-refractivity contribution in [3.63, 3.8) is 0 Å². The number of unbranched alkanes of at least 4 members (excludes halogenated alkanes) is 1. The maximum absolute atomic E-state index is 11.8. The lowest BCUT2D eigenvalue weighted by atomic mass is 9.99. The van der Waals surface area contributed by atoms with Crippen molar-refractivity contribution in [1.29, 1.82) is 0 Å². The Labute approximate surface area is 123 Å². The van der Waals surface area contributed by atoms with E-state index in [1.165, 1.54) is 19.3 Å². The normalized spacial score (nSPS) is 27.5. The van der Waals surface area contributed by atoms with Gasteiger partial charge in [0, 0.05) is 13.0 Å². The van der Waals surface area contributed by atoms with Gasteiger partial charge in [0.1, 0.15) is 5.54 Å². The van der Waals surface area contributed by atoms with Gasteiger partial charge in [0.2, 0.25) is 0 Å². The Morgan fingerprint density at radius 3 is 2.75 bits per heavy atom. The van der Waals surface area contributed by atoms with Crippen LogP contribution in [0.2, 0.25) is 0 Å². The molecule has 1 aliphatic rings. The smallest absolute Gasteiger partial charge is 0.326 e. The molecule has 0 aliphatic heterocycles. The van der Waals surface area contributed by atoms with Gasteiger partial charge in [0.25, 0.3) is 0 Å². The summed E-state index contributed by atoms with van der Waals surface area (Å²) in [6.45, 7) is 7.42. The number of esters is 1. The first kappa shape index (κ1) is 17.4. The standard InChI is InChI=1S/C16H31NO3/c1-4-7-8-13(5-2)12-20-14-9-10-16(17,11-14)15(18)19-6-3/h13-14H,4-12,17H2,1-3H3. The number of ether oxygens (including phenoxy) is 2. The summed E-state index contributed by atoms with van der Waals surface area (Å²) in [4.78, 5) is 11.8. The molecule has 1 rings (SSSR count). The van der Waals surface area contributed by atoms with Crippen molar-refractivity contribution in [2.24, 2.45) is 11.7 Å². The van der Waals surface area contributed by atoms with E-state index in [2.05, 4.69) is 13.8 Å². The molecule has 2 N–H and O–H groups in total. The Hall–Kier alpha value is -0.610. The molecule has 0 bridgehead atoms. The largest absolute Gasteiger partial charge is 0.465 e. The molecule has 3 unspecified atom stereocenters. The Morgan fingerprint density at radius 1 is 1.40 bits per heavy atom. The molecule has 4 nitrogen and oxygen atoms in total. The van der Waals surface area contributed by atoms with Gasteiger partial charge in [0.05, 0.1) is 12.7 Å². The summed E-state index contributed by atoms with van der Waals surface area (Å²) >= 11 is 0. The van der Waals surface area contributed by atoms with Gasteiger partial charge in [-0.05, 0) is 32.1 Å². The van der Waals surface area contributed by atoms with Crippen molar-refractivity contribution < 1.29 is 14.3 Å². The van der Waals surface area contributed by atoms with Crippen molar-refractivity contribution in [2.45, 2.75) is 77.4 Å².